The first kappa shape index (κ1) is 22.5. The molecule has 0 aromatic heterocycles. The fourth-order valence-corrected chi connectivity index (χ4v) is 2.83. The third kappa shape index (κ3) is 7.36. The first-order valence-electron chi connectivity index (χ1n) is 9.75. The number of carbonyl (C=O) groups excluding carboxylic acids is 1. The van der Waals surface area contributed by atoms with E-state index in [-0.39, 0.29) is 12.2 Å². The van der Waals surface area contributed by atoms with Crippen molar-refractivity contribution in [3.8, 4) is 0 Å². The van der Waals surface area contributed by atoms with Gasteiger partial charge in [-0.3, -0.25) is 0 Å². The van der Waals surface area contributed by atoms with Crippen LogP contribution in [0.4, 0.5) is 4.79 Å². The molecule has 0 spiro atoms. The molecule has 0 aliphatic heterocycles. The Bertz CT molecular complexity index is 590. The Balaban J connectivity index is 2.52. The number of nitrogens with zero attached hydrogens (tertiary/aromatic N) is 1. The first-order chi connectivity index (χ1) is 12.1. The lowest BCUT2D eigenvalue weighted by Gasteiger charge is -2.27. The summed E-state index contributed by atoms with van der Waals surface area (Å²) in [4.78, 5) is 13.9. The minimum atomic E-state index is -0.466. The summed E-state index contributed by atoms with van der Waals surface area (Å²) in [5.74, 6) is 0. The molecule has 4 nitrogen and oxygen atoms in total. The van der Waals surface area contributed by atoms with Gasteiger partial charge < -0.3 is 14.4 Å². The summed E-state index contributed by atoms with van der Waals surface area (Å²) in [5.41, 5.74) is 4.78. The van der Waals surface area contributed by atoms with Gasteiger partial charge in [0.2, 0.25) is 0 Å². The van der Waals surface area contributed by atoms with Crippen LogP contribution < -0.4 is 0 Å². The quantitative estimate of drug-likeness (QED) is 0.619. The molecule has 0 saturated carbocycles. The molecule has 1 amide bonds. The van der Waals surface area contributed by atoms with Crippen LogP contribution in [0.25, 0.3) is 0 Å². The van der Waals surface area contributed by atoms with Crippen LogP contribution in [0.15, 0.2) is 12.1 Å². The van der Waals surface area contributed by atoms with E-state index in [2.05, 4.69) is 39.8 Å². The molecule has 1 aromatic rings. The number of amides is 1. The minimum absolute atomic E-state index is 0.0806. The summed E-state index contributed by atoms with van der Waals surface area (Å²) in [6.45, 7) is 18.1. The number of rotatable bonds is 8. The van der Waals surface area contributed by atoms with E-state index >= 15 is 0 Å². The minimum Gasteiger partial charge on any atom is -0.444 e. The van der Waals surface area contributed by atoms with E-state index in [1.807, 2.05) is 27.7 Å². The maximum atomic E-state index is 12.2. The highest BCUT2D eigenvalue weighted by atomic mass is 16.6. The highest BCUT2D eigenvalue weighted by molar-refractivity contribution is 5.68. The van der Waals surface area contributed by atoms with Gasteiger partial charge in [-0.1, -0.05) is 19.1 Å². The van der Waals surface area contributed by atoms with Gasteiger partial charge in [-0.15, -0.1) is 0 Å². The van der Waals surface area contributed by atoms with Crippen molar-refractivity contribution in [3.05, 3.63) is 34.4 Å². The Hall–Kier alpha value is -1.55. The molecule has 0 aliphatic rings. The molecular formula is C22H37NO3. The normalized spacial score (nSPS) is 12.8. The van der Waals surface area contributed by atoms with Gasteiger partial charge in [-0.25, -0.2) is 4.79 Å². The van der Waals surface area contributed by atoms with Crippen LogP contribution in [-0.2, 0) is 22.5 Å². The fraction of sp³-hybridized carbons (Fsp3) is 0.682. The van der Waals surface area contributed by atoms with Crippen molar-refractivity contribution in [3.63, 3.8) is 0 Å². The zero-order valence-electron chi connectivity index (χ0n) is 17.9. The number of ether oxygens (including phenoxy) is 2. The molecule has 0 N–H and O–H groups in total. The molecule has 1 aromatic carbocycles. The maximum absolute atomic E-state index is 12.2. The van der Waals surface area contributed by atoms with Crippen LogP contribution in [0.5, 0.6) is 0 Å². The number of hydrogen-bond acceptors (Lipinski definition) is 3. The topological polar surface area (TPSA) is 38.8 Å². The lowest BCUT2D eigenvalue weighted by atomic mass is 9.99. The standard InChI is InChI=1S/C22H37NO3/c1-9-19-13-17(4)20(14-16(19)3)15-25-18(5)11-12-23(10-2)21(24)26-22(6,7)8/h13-14,18H,9-12,15H2,1-8H3. The van der Waals surface area contributed by atoms with Gasteiger partial charge in [-0.2, -0.15) is 0 Å². The Morgan fingerprint density at radius 3 is 2.23 bits per heavy atom. The van der Waals surface area contributed by atoms with Crippen molar-refractivity contribution in [1.82, 2.24) is 4.90 Å². The van der Waals surface area contributed by atoms with Crippen LogP contribution in [0.3, 0.4) is 0 Å². The summed E-state index contributed by atoms with van der Waals surface area (Å²) in [6.07, 6.45) is 1.67. The lowest BCUT2D eigenvalue weighted by molar-refractivity contribution is 0.0155. The lowest BCUT2D eigenvalue weighted by Crippen LogP contribution is -2.38. The zero-order valence-corrected chi connectivity index (χ0v) is 17.9. The van der Waals surface area contributed by atoms with E-state index in [4.69, 9.17) is 9.47 Å². The average molecular weight is 364 g/mol. The van der Waals surface area contributed by atoms with Gasteiger partial charge in [0.1, 0.15) is 5.60 Å². The molecule has 4 heteroatoms. The Morgan fingerprint density at radius 2 is 1.69 bits per heavy atom. The second-order valence-electron chi connectivity index (χ2n) is 8.03. The second-order valence-corrected chi connectivity index (χ2v) is 8.03. The van der Waals surface area contributed by atoms with Gasteiger partial charge in [0.15, 0.2) is 0 Å². The van der Waals surface area contributed by atoms with Crippen molar-refractivity contribution in [1.29, 1.82) is 0 Å². The molecule has 1 atom stereocenters. The molecule has 0 bridgehead atoms. The summed E-state index contributed by atoms with van der Waals surface area (Å²) < 4.78 is 11.5. The number of aryl methyl sites for hydroxylation is 3. The van der Waals surface area contributed by atoms with Crippen molar-refractivity contribution < 1.29 is 14.3 Å². The van der Waals surface area contributed by atoms with Gasteiger partial charge in [0, 0.05) is 13.1 Å². The third-order valence-electron chi connectivity index (χ3n) is 4.54. The molecule has 0 saturated heterocycles. The van der Waals surface area contributed by atoms with E-state index in [0.29, 0.717) is 19.7 Å². The maximum Gasteiger partial charge on any atom is 0.410 e. The van der Waals surface area contributed by atoms with E-state index in [1.54, 1.807) is 4.90 Å². The van der Waals surface area contributed by atoms with Crippen LogP contribution >= 0.6 is 0 Å². The summed E-state index contributed by atoms with van der Waals surface area (Å²) >= 11 is 0. The summed E-state index contributed by atoms with van der Waals surface area (Å²) in [6, 6.07) is 4.50. The molecule has 26 heavy (non-hydrogen) atoms. The van der Waals surface area contributed by atoms with Gasteiger partial charge >= 0.3 is 6.09 Å². The van der Waals surface area contributed by atoms with E-state index in [1.165, 1.54) is 22.3 Å². The Kier molecular flexibility index (Phi) is 8.61. The molecule has 1 unspecified atom stereocenters. The molecule has 0 heterocycles. The molecule has 1 rings (SSSR count). The van der Waals surface area contributed by atoms with Gasteiger partial charge in [0.25, 0.3) is 0 Å². The molecule has 0 fully saturated rings. The number of carbonyl (C=O) groups is 1. The Morgan fingerprint density at radius 1 is 1.12 bits per heavy atom. The van der Waals surface area contributed by atoms with Crippen molar-refractivity contribution in [2.75, 3.05) is 13.1 Å². The summed E-state index contributed by atoms with van der Waals surface area (Å²) in [5, 5.41) is 0. The van der Waals surface area contributed by atoms with Crippen molar-refractivity contribution >= 4 is 6.09 Å². The fourth-order valence-electron chi connectivity index (χ4n) is 2.83. The first-order valence-corrected chi connectivity index (χ1v) is 9.75. The van der Waals surface area contributed by atoms with Crippen LogP contribution in [0.2, 0.25) is 0 Å². The van der Waals surface area contributed by atoms with E-state index in [0.717, 1.165) is 12.8 Å². The largest absolute Gasteiger partial charge is 0.444 e. The number of benzene rings is 1. The van der Waals surface area contributed by atoms with E-state index < -0.39 is 5.60 Å². The SMILES string of the molecule is CCc1cc(C)c(COC(C)CCN(CC)C(=O)OC(C)(C)C)cc1C. The van der Waals surface area contributed by atoms with Crippen LogP contribution in [0.1, 0.15) is 70.2 Å². The smallest absolute Gasteiger partial charge is 0.410 e. The van der Waals surface area contributed by atoms with E-state index in [9.17, 15) is 4.79 Å². The van der Waals surface area contributed by atoms with Crippen molar-refractivity contribution in [2.45, 2.75) is 86.5 Å². The monoisotopic (exact) mass is 363 g/mol. The molecular weight excluding hydrogens is 326 g/mol. The highest BCUT2D eigenvalue weighted by Gasteiger charge is 2.21. The summed E-state index contributed by atoms with van der Waals surface area (Å²) in [7, 11) is 0. The molecule has 0 radical (unpaired) electrons. The van der Waals surface area contributed by atoms with Gasteiger partial charge in [-0.05, 0) is 83.6 Å². The molecule has 148 valence electrons. The van der Waals surface area contributed by atoms with Crippen molar-refractivity contribution in [2.24, 2.45) is 0 Å². The van der Waals surface area contributed by atoms with Crippen LogP contribution in [0, 0.1) is 13.8 Å². The van der Waals surface area contributed by atoms with Gasteiger partial charge in [0.05, 0.1) is 12.7 Å². The zero-order chi connectivity index (χ0) is 19.9. The average Bonchev–Trinajstić information content (AvgIpc) is 2.54. The Labute approximate surface area is 159 Å². The predicted molar refractivity (Wildman–Crippen MR) is 108 cm³/mol. The number of hydrogen-bond donors (Lipinski definition) is 0. The second kappa shape index (κ2) is 9.96. The van der Waals surface area contributed by atoms with Crippen LogP contribution in [-0.4, -0.2) is 35.8 Å². The molecule has 0 aliphatic carbocycles. The predicted octanol–water partition coefficient (Wildman–Crippen LogP) is 5.42. The highest BCUT2D eigenvalue weighted by Crippen LogP contribution is 2.18. The third-order valence-corrected chi connectivity index (χ3v) is 4.54.